The van der Waals surface area contributed by atoms with Gasteiger partial charge in [-0.2, -0.15) is 4.68 Å². The van der Waals surface area contributed by atoms with Crippen LogP contribution >= 0.6 is 0 Å². The van der Waals surface area contributed by atoms with E-state index < -0.39 is 0 Å². The zero-order valence-electron chi connectivity index (χ0n) is 16.3. The molecule has 2 aliphatic rings. The number of hydrogen-bond acceptors (Lipinski definition) is 5. The molecule has 0 aliphatic carbocycles. The van der Waals surface area contributed by atoms with Gasteiger partial charge in [0.2, 0.25) is 11.9 Å². The van der Waals surface area contributed by atoms with E-state index in [9.17, 15) is 4.79 Å². The molecule has 0 N–H and O–H groups in total. The van der Waals surface area contributed by atoms with Gasteiger partial charge >= 0.3 is 0 Å². The van der Waals surface area contributed by atoms with Crippen LogP contribution in [0.2, 0.25) is 0 Å². The average molecular weight is 388 g/mol. The molecule has 29 heavy (non-hydrogen) atoms. The third kappa shape index (κ3) is 3.48. The number of fused-ring (bicyclic) bond motifs is 1. The first-order chi connectivity index (χ1) is 14.3. The normalized spacial score (nSPS) is 17.2. The number of piperidine rings is 1. The number of hydrogen-bond donors (Lipinski definition) is 0. The fourth-order valence-electron chi connectivity index (χ4n) is 4.38. The van der Waals surface area contributed by atoms with Crippen LogP contribution < -0.4 is 4.90 Å². The minimum atomic E-state index is 0.0811. The second kappa shape index (κ2) is 7.66. The van der Waals surface area contributed by atoms with Crippen LogP contribution in [0.4, 0.5) is 5.95 Å². The molecule has 0 unspecified atom stereocenters. The molecule has 0 bridgehead atoms. The fraction of sp³-hybridized carbons (Fsp3) is 0.364. The number of aromatic nitrogens is 4. The first-order valence-electron chi connectivity index (χ1n) is 10.2. The van der Waals surface area contributed by atoms with Gasteiger partial charge in [-0.25, -0.2) is 0 Å². The Morgan fingerprint density at radius 2 is 1.62 bits per heavy atom. The molecular formula is C22H24N6O. The molecule has 5 rings (SSSR count). The van der Waals surface area contributed by atoms with E-state index in [1.807, 2.05) is 35.2 Å². The Balaban J connectivity index is 1.24. The SMILES string of the molecule is O=C(C1CCN(c2nnnn2-c2ccccc2)CC1)N1CCc2ccccc2C1. The molecular weight excluding hydrogens is 364 g/mol. The van der Waals surface area contributed by atoms with Gasteiger partial charge in [0.15, 0.2) is 0 Å². The van der Waals surface area contributed by atoms with Crippen LogP contribution in [0.25, 0.3) is 5.69 Å². The van der Waals surface area contributed by atoms with Crippen LogP contribution in [0.15, 0.2) is 54.6 Å². The van der Waals surface area contributed by atoms with Crippen molar-refractivity contribution < 1.29 is 4.79 Å². The minimum Gasteiger partial charge on any atom is -0.339 e. The molecule has 0 atom stereocenters. The summed E-state index contributed by atoms with van der Waals surface area (Å²) in [5, 5.41) is 12.3. The van der Waals surface area contributed by atoms with Crippen molar-refractivity contribution in [2.45, 2.75) is 25.8 Å². The van der Waals surface area contributed by atoms with Gasteiger partial charge < -0.3 is 9.80 Å². The van der Waals surface area contributed by atoms with Gasteiger partial charge in [0, 0.05) is 32.1 Å². The van der Waals surface area contributed by atoms with Crippen LogP contribution in [0.1, 0.15) is 24.0 Å². The fourth-order valence-corrected chi connectivity index (χ4v) is 4.38. The van der Waals surface area contributed by atoms with E-state index in [4.69, 9.17) is 0 Å². The maximum atomic E-state index is 13.1. The van der Waals surface area contributed by atoms with E-state index in [0.29, 0.717) is 5.91 Å². The number of carbonyl (C=O) groups excluding carboxylic acids is 1. The van der Waals surface area contributed by atoms with Crippen molar-refractivity contribution in [1.82, 2.24) is 25.1 Å². The van der Waals surface area contributed by atoms with Gasteiger partial charge in [-0.1, -0.05) is 47.6 Å². The molecule has 7 nitrogen and oxygen atoms in total. The molecule has 1 saturated heterocycles. The van der Waals surface area contributed by atoms with Gasteiger partial charge in [-0.15, -0.1) is 0 Å². The van der Waals surface area contributed by atoms with Crippen LogP contribution in [-0.2, 0) is 17.8 Å². The second-order valence-corrected chi connectivity index (χ2v) is 7.77. The zero-order valence-corrected chi connectivity index (χ0v) is 16.3. The number of tetrazole rings is 1. The number of nitrogens with zero attached hydrogens (tertiary/aromatic N) is 6. The van der Waals surface area contributed by atoms with Crippen LogP contribution in [0, 0.1) is 5.92 Å². The molecule has 7 heteroatoms. The van der Waals surface area contributed by atoms with E-state index in [2.05, 4.69) is 44.7 Å². The summed E-state index contributed by atoms with van der Waals surface area (Å²) >= 11 is 0. The summed E-state index contributed by atoms with van der Waals surface area (Å²) in [7, 11) is 0. The highest BCUT2D eigenvalue weighted by molar-refractivity contribution is 5.79. The second-order valence-electron chi connectivity index (χ2n) is 7.77. The largest absolute Gasteiger partial charge is 0.339 e. The summed E-state index contributed by atoms with van der Waals surface area (Å²) in [6.07, 6.45) is 2.61. The summed E-state index contributed by atoms with van der Waals surface area (Å²) in [5.41, 5.74) is 3.60. The molecule has 148 valence electrons. The van der Waals surface area contributed by atoms with E-state index >= 15 is 0 Å². The van der Waals surface area contributed by atoms with Crippen molar-refractivity contribution in [3.05, 3.63) is 65.7 Å². The quantitative estimate of drug-likeness (QED) is 0.690. The summed E-state index contributed by atoms with van der Waals surface area (Å²) in [6, 6.07) is 18.4. The first kappa shape index (κ1) is 17.8. The van der Waals surface area contributed by atoms with Gasteiger partial charge in [0.05, 0.1) is 5.69 Å². The van der Waals surface area contributed by atoms with Crippen LogP contribution in [0.5, 0.6) is 0 Å². The predicted molar refractivity (Wildman–Crippen MR) is 110 cm³/mol. The number of anilines is 1. The van der Waals surface area contributed by atoms with E-state index in [1.165, 1.54) is 11.1 Å². The Morgan fingerprint density at radius 3 is 2.41 bits per heavy atom. The molecule has 0 radical (unpaired) electrons. The summed E-state index contributed by atoms with van der Waals surface area (Å²) in [6.45, 7) is 3.13. The van der Waals surface area contributed by atoms with Gasteiger partial charge in [0.25, 0.3) is 0 Å². The minimum absolute atomic E-state index is 0.0811. The lowest BCUT2D eigenvalue weighted by Gasteiger charge is -2.36. The van der Waals surface area contributed by atoms with Crippen molar-refractivity contribution in [3.8, 4) is 5.69 Å². The van der Waals surface area contributed by atoms with Gasteiger partial charge in [-0.3, -0.25) is 4.79 Å². The number of rotatable bonds is 3. The number of amides is 1. The standard InChI is InChI=1S/C22H24N6O/c29-21(27-15-10-17-6-4-5-7-19(17)16-27)18-11-13-26(14-12-18)22-23-24-25-28(22)20-8-2-1-3-9-20/h1-9,18H,10-16H2. The summed E-state index contributed by atoms with van der Waals surface area (Å²) in [5.74, 6) is 1.12. The maximum Gasteiger partial charge on any atom is 0.250 e. The Hall–Kier alpha value is -3.22. The lowest BCUT2D eigenvalue weighted by molar-refractivity contribution is -0.137. The Labute approximate surface area is 169 Å². The average Bonchev–Trinajstić information content (AvgIpc) is 3.29. The third-order valence-corrected chi connectivity index (χ3v) is 6.02. The Kier molecular flexibility index (Phi) is 4.71. The molecule has 1 aromatic heterocycles. The number of benzene rings is 2. The van der Waals surface area contributed by atoms with E-state index in [1.54, 1.807) is 4.68 Å². The summed E-state index contributed by atoms with van der Waals surface area (Å²) < 4.78 is 1.77. The number of para-hydroxylation sites is 1. The van der Waals surface area contributed by atoms with Gasteiger partial charge in [0.1, 0.15) is 0 Å². The van der Waals surface area contributed by atoms with E-state index in [-0.39, 0.29) is 5.92 Å². The molecule has 0 spiro atoms. The van der Waals surface area contributed by atoms with Crippen molar-refractivity contribution in [1.29, 1.82) is 0 Å². The van der Waals surface area contributed by atoms with Gasteiger partial charge in [-0.05, 0) is 52.9 Å². The molecule has 0 saturated carbocycles. The van der Waals surface area contributed by atoms with Crippen molar-refractivity contribution in [3.63, 3.8) is 0 Å². The molecule has 3 heterocycles. The molecule has 2 aromatic carbocycles. The lowest BCUT2D eigenvalue weighted by Crippen LogP contribution is -2.44. The zero-order chi connectivity index (χ0) is 19.6. The molecule has 1 amide bonds. The highest BCUT2D eigenvalue weighted by Crippen LogP contribution is 2.27. The number of carbonyl (C=O) groups is 1. The van der Waals surface area contributed by atoms with Crippen molar-refractivity contribution >= 4 is 11.9 Å². The molecule has 1 fully saturated rings. The maximum absolute atomic E-state index is 13.1. The van der Waals surface area contributed by atoms with Crippen molar-refractivity contribution in [2.75, 3.05) is 24.5 Å². The van der Waals surface area contributed by atoms with Crippen LogP contribution in [-0.4, -0.2) is 50.6 Å². The van der Waals surface area contributed by atoms with Crippen molar-refractivity contribution in [2.24, 2.45) is 5.92 Å². The molecule has 2 aliphatic heterocycles. The third-order valence-electron chi connectivity index (χ3n) is 6.02. The monoisotopic (exact) mass is 388 g/mol. The topological polar surface area (TPSA) is 67.2 Å². The van der Waals surface area contributed by atoms with E-state index in [0.717, 1.165) is 57.1 Å². The lowest BCUT2D eigenvalue weighted by atomic mass is 9.93. The van der Waals surface area contributed by atoms with Crippen LogP contribution in [0.3, 0.4) is 0 Å². The smallest absolute Gasteiger partial charge is 0.250 e. The highest BCUT2D eigenvalue weighted by atomic mass is 16.2. The molecule has 3 aromatic rings. The first-order valence-corrected chi connectivity index (χ1v) is 10.2. The highest BCUT2D eigenvalue weighted by Gasteiger charge is 2.31. The Morgan fingerprint density at radius 1 is 0.897 bits per heavy atom. The Bertz CT molecular complexity index is 993. The predicted octanol–water partition coefficient (Wildman–Crippen LogP) is 2.46. The summed E-state index contributed by atoms with van der Waals surface area (Å²) in [4.78, 5) is 17.3.